The first-order chi connectivity index (χ1) is 4.25. The van der Waals surface area contributed by atoms with Crippen molar-refractivity contribution in [1.29, 1.82) is 0 Å². The predicted molar refractivity (Wildman–Crippen MR) is 38.4 cm³/mol. The van der Waals surface area contributed by atoms with E-state index >= 15 is 0 Å². The molecule has 0 amide bonds. The second-order valence-electron chi connectivity index (χ2n) is 2.59. The zero-order valence-electron chi connectivity index (χ0n) is 6.24. The van der Waals surface area contributed by atoms with Gasteiger partial charge in [-0.3, -0.25) is 0 Å². The molecule has 0 aromatic rings. The molecule has 1 saturated heterocycles. The van der Waals surface area contributed by atoms with Crippen molar-refractivity contribution in [2.24, 2.45) is 0 Å². The SMILES string of the molecule is C=C1COC1(CC)CC. The molecule has 0 N–H and O–H groups in total. The van der Waals surface area contributed by atoms with Gasteiger partial charge in [0.2, 0.25) is 0 Å². The lowest BCUT2D eigenvalue weighted by molar-refractivity contribution is -0.0858. The van der Waals surface area contributed by atoms with E-state index in [2.05, 4.69) is 20.4 Å². The quantitative estimate of drug-likeness (QED) is 0.515. The van der Waals surface area contributed by atoms with E-state index in [1.165, 1.54) is 5.57 Å². The smallest absolute Gasteiger partial charge is 0.0910 e. The Bertz CT molecular complexity index is 117. The van der Waals surface area contributed by atoms with Crippen molar-refractivity contribution in [2.75, 3.05) is 6.61 Å². The highest BCUT2D eigenvalue weighted by Gasteiger charge is 2.38. The van der Waals surface area contributed by atoms with Gasteiger partial charge in [-0.1, -0.05) is 20.4 Å². The van der Waals surface area contributed by atoms with Gasteiger partial charge in [-0.25, -0.2) is 0 Å². The first-order valence-corrected chi connectivity index (χ1v) is 3.57. The monoisotopic (exact) mass is 126 g/mol. The molecular weight excluding hydrogens is 112 g/mol. The van der Waals surface area contributed by atoms with Crippen LogP contribution in [-0.4, -0.2) is 12.2 Å². The molecule has 0 radical (unpaired) electrons. The minimum absolute atomic E-state index is 0.0694. The van der Waals surface area contributed by atoms with Crippen LogP contribution in [0.5, 0.6) is 0 Å². The van der Waals surface area contributed by atoms with Crippen LogP contribution >= 0.6 is 0 Å². The molecular formula is C8H14O. The Hall–Kier alpha value is -0.300. The first-order valence-electron chi connectivity index (χ1n) is 3.57. The normalized spacial score (nSPS) is 23.6. The predicted octanol–water partition coefficient (Wildman–Crippen LogP) is 2.13. The Morgan fingerprint density at radius 1 is 1.56 bits per heavy atom. The van der Waals surface area contributed by atoms with Crippen molar-refractivity contribution < 1.29 is 4.74 Å². The van der Waals surface area contributed by atoms with Gasteiger partial charge in [-0.2, -0.15) is 0 Å². The summed E-state index contributed by atoms with van der Waals surface area (Å²) in [6.45, 7) is 9.00. The van der Waals surface area contributed by atoms with Crippen molar-refractivity contribution in [3.63, 3.8) is 0 Å². The summed E-state index contributed by atoms with van der Waals surface area (Å²) in [5, 5.41) is 0. The Labute approximate surface area is 56.7 Å². The maximum absolute atomic E-state index is 5.43. The fraction of sp³-hybridized carbons (Fsp3) is 0.750. The van der Waals surface area contributed by atoms with E-state index in [4.69, 9.17) is 4.74 Å². The fourth-order valence-corrected chi connectivity index (χ4v) is 1.33. The third-order valence-corrected chi connectivity index (χ3v) is 2.31. The van der Waals surface area contributed by atoms with Gasteiger partial charge < -0.3 is 4.74 Å². The van der Waals surface area contributed by atoms with Gasteiger partial charge in [0.25, 0.3) is 0 Å². The van der Waals surface area contributed by atoms with Crippen LogP contribution in [0.25, 0.3) is 0 Å². The van der Waals surface area contributed by atoms with E-state index in [1.54, 1.807) is 0 Å². The van der Waals surface area contributed by atoms with Gasteiger partial charge >= 0.3 is 0 Å². The largest absolute Gasteiger partial charge is 0.366 e. The van der Waals surface area contributed by atoms with Crippen molar-refractivity contribution in [2.45, 2.75) is 32.3 Å². The maximum atomic E-state index is 5.43. The highest BCUT2D eigenvalue weighted by molar-refractivity contribution is 5.20. The van der Waals surface area contributed by atoms with Crippen molar-refractivity contribution in [3.05, 3.63) is 12.2 Å². The summed E-state index contributed by atoms with van der Waals surface area (Å²) in [5.74, 6) is 0. The summed E-state index contributed by atoms with van der Waals surface area (Å²) >= 11 is 0. The molecule has 1 heterocycles. The average Bonchev–Trinajstić information content (AvgIpc) is 1.89. The molecule has 0 bridgehead atoms. The lowest BCUT2D eigenvalue weighted by Crippen LogP contribution is -2.44. The molecule has 0 saturated carbocycles. The van der Waals surface area contributed by atoms with Gasteiger partial charge in [0.05, 0.1) is 12.2 Å². The molecule has 0 aliphatic carbocycles. The Morgan fingerprint density at radius 2 is 2.11 bits per heavy atom. The van der Waals surface area contributed by atoms with Gasteiger partial charge in [-0.05, 0) is 18.4 Å². The summed E-state index contributed by atoms with van der Waals surface area (Å²) in [7, 11) is 0. The Balaban J connectivity index is 2.58. The summed E-state index contributed by atoms with van der Waals surface area (Å²) in [5.41, 5.74) is 1.34. The van der Waals surface area contributed by atoms with Crippen LogP contribution < -0.4 is 0 Å². The van der Waals surface area contributed by atoms with Crippen LogP contribution in [0.2, 0.25) is 0 Å². The Morgan fingerprint density at radius 3 is 2.11 bits per heavy atom. The van der Waals surface area contributed by atoms with E-state index in [0.29, 0.717) is 0 Å². The molecule has 0 aromatic carbocycles. The van der Waals surface area contributed by atoms with Crippen molar-refractivity contribution >= 4 is 0 Å². The molecule has 0 unspecified atom stereocenters. The lowest BCUT2D eigenvalue weighted by atomic mass is 9.85. The third kappa shape index (κ3) is 0.799. The minimum Gasteiger partial charge on any atom is -0.366 e. The highest BCUT2D eigenvalue weighted by atomic mass is 16.5. The summed E-state index contributed by atoms with van der Waals surface area (Å²) in [4.78, 5) is 0. The van der Waals surface area contributed by atoms with E-state index < -0.39 is 0 Å². The zero-order chi connectivity index (χ0) is 6.91. The van der Waals surface area contributed by atoms with E-state index in [-0.39, 0.29) is 5.60 Å². The van der Waals surface area contributed by atoms with Gasteiger partial charge in [-0.15, -0.1) is 0 Å². The molecule has 0 aromatic heterocycles. The second kappa shape index (κ2) is 2.14. The molecule has 0 spiro atoms. The maximum Gasteiger partial charge on any atom is 0.0910 e. The van der Waals surface area contributed by atoms with Crippen LogP contribution in [0.3, 0.4) is 0 Å². The molecule has 1 nitrogen and oxygen atoms in total. The molecule has 1 aliphatic rings. The molecule has 1 heteroatoms. The molecule has 1 aliphatic heterocycles. The van der Waals surface area contributed by atoms with Gasteiger partial charge in [0, 0.05) is 0 Å². The summed E-state index contributed by atoms with van der Waals surface area (Å²) < 4.78 is 5.43. The first kappa shape index (κ1) is 6.81. The fourth-order valence-electron chi connectivity index (χ4n) is 1.33. The Kier molecular flexibility index (Phi) is 1.62. The number of hydrogen-bond acceptors (Lipinski definition) is 1. The molecule has 1 rings (SSSR count). The van der Waals surface area contributed by atoms with Crippen LogP contribution in [-0.2, 0) is 4.74 Å². The van der Waals surface area contributed by atoms with Gasteiger partial charge in [0.1, 0.15) is 0 Å². The standard InChI is InChI=1S/C8H14O/c1-4-8(5-2)7(3)6-9-8/h3-6H2,1-2H3. The van der Waals surface area contributed by atoms with Crippen LogP contribution in [0.1, 0.15) is 26.7 Å². The number of hydrogen-bond donors (Lipinski definition) is 0. The number of ether oxygens (including phenoxy) is 1. The number of rotatable bonds is 2. The van der Waals surface area contributed by atoms with Crippen molar-refractivity contribution in [1.82, 2.24) is 0 Å². The molecule has 1 fully saturated rings. The van der Waals surface area contributed by atoms with Crippen molar-refractivity contribution in [3.8, 4) is 0 Å². The van der Waals surface area contributed by atoms with Crippen LogP contribution in [0.4, 0.5) is 0 Å². The average molecular weight is 126 g/mol. The highest BCUT2D eigenvalue weighted by Crippen LogP contribution is 2.36. The van der Waals surface area contributed by atoms with E-state index in [9.17, 15) is 0 Å². The minimum atomic E-state index is 0.0694. The van der Waals surface area contributed by atoms with E-state index in [0.717, 1.165) is 19.4 Å². The third-order valence-electron chi connectivity index (χ3n) is 2.31. The summed E-state index contributed by atoms with van der Waals surface area (Å²) in [6.07, 6.45) is 2.14. The van der Waals surface area contributed by atoms with E-state index in [1.807, 2.05) is 0 Å². The lowest BCUT2D eigenvalue weighted by Gasteiger charge is -2.43. The molecule has 0 atom stereocenters. The van der Waals surface area contributed by atoms with Crippen LogP contribution in [0, 0.1) is 0 Å². The van der Waals surface area contributed by atoms with Gasteiger partial charge in [0.15, 0.2) is 0 Å². The topological polar surface area (TPSA) is 9.23 Å². The zero-order valence-corrected chi connectivity index (χ0v) is 6.24. The molecule has 9 heavy (non-hydrogen) atoms. The second-order valence-corrected chi connectivity index (χ2v) is 2.59. The van der Waals surface area contributed by atoms with Crippen LogP contribution in [0.15, 0.2) is 12.2 Å². The molecule has 52 valence electrons. The summed E-state index contributed by atoms with van der Waals surface area (Å²) in [6, 6.07) is 0.